The Bertz CT molecular complexity index is 1070. The minimum Gasteiger partial charge on any atom is -0.510 e. The summed E-state index contributed by atoms with van der Waals surface area (Å²) in [7, 11) is 0. The molecule has 122 valence electrons. The molecule has 2 aromatic carbocycles. The van der Waals surface area contributed by atoms with E-state index < -0.39 is 0 Å². The van der Waals surface area contributed by atoms with Gasteiger partial charge in [0.15, 0.2) is 4.34 Å². The summed E-state index contributed by atoms with van der Waals surface area (Å²) in [6.07, 6.45) is 0. The third-order valence-electron chi connectivity index (χ3n) is 3.51. The minimum absolute atomic E-state index is 0.0332. The van der Waals surface area contributed by atoms with E-state index >= 15 is 0 Å². The quantitative estimate of drug-likeness (QED) is 0.287. The smallest absolute Gasteiger partial charge is 0.151 e. The molecular weight excluding hydrogens is 370 g/mol. The van der Waals surface area contributed by atoms with E-state index in [1.165, 1.54) is 23.1 Å². The molecule has 25 heavy (non-hydrogen) atoms. The zero-order valence-electron chi connectivity index (χ0n) is 12.8. The number of nitrogens with zero attached hydrogens (tertiary/aromatic N) is 3. The van der Waals surface area contributed by atoms with Crippen molar-refractivity contribution in [2.75, 3.05) is 5.75 Å². The zero-order chi connectivity index (χ0) is 17.2. The average Bonchev–Trinajstić information content (AvgIpc) is 3.23. The normalized spacial score (nSPS) is 12.3. The van der Waals surface area contributed by atoms with Crippen molar-refractivity contribution in [1.82, 2.24) is 9.97 Å². The van der Waals surface area contributed by atoms with Crippen LogP contribution >= 0.6 is 34.4 Å². The van der Waals surface area contributed by atoms with E-state index in [1.54, 1.807) is 11.3 Å². The number of thiazole rings is 2. The molecule has 4 rings (SSSR count). The second-order valence-corrected chi connectivity index (χ2v) is 8.44. The maximum absolute atomic E-state index is 10.4. The Morgan fingerprint density at radius 1 is 1.00 bits per heavy atom. The van der Waals surface area contributed by atoms with Crippen LogP contribution < -0.4 is 0 Å². The fraction of sp³-hybridized carbons (Fsp3) is 0.0556. The third-order valence-corrected chi connectivity index (χ3v) is 6.76. The number of aliphatic hydroxyl groups excluding tert-OH is 1. The predicted octanol–water partition coefficient (Wildman–Crippen LogP) is 5.49. The second kappa shape index (κ2) is 6.84. The number of nitriles is 1. The van der Waals surface area contributed by atoms with Crippen LogP contribution in [0.2, 0.25) is 0 Å². The van der Waals surface area contributed by atoms with Gasteiger partial charge in [-0.25, -0.2) is 9.97 Å². The number of para-hydroxylation sites is 2. The van der Waals surface area contributed by atoms with Gasteiger partial charge >= 0.3 is 0 Å². The molecule has 0 fully saturated rings. The largest absolute Gasteiger partial charge is 0.510 e. The average molecular weight is 382 g/mol. The lowest BCUT2D eigenvalue weighted by molar-refractivity contribution is 0.421. The van der Waals surface area contributed by atoms with Gasteiger partial charge in [-0.1, -0.05) is 36.0 Å². The molecule has 4 aromatic rings. The van der Waals surface area contributed by atoms with E-state index in [1.807, 2.05) is 48.5 Å². The van der Waals surface area contributed by atoms with Crippen molar-refractivity contribution in [2.24, 2.45) is 0 Å². The zero-order valence-corrected chi connectivity index (χ0v) is 15.3. The molecular formula is C18H11N3OS3. The van der Waals surface area contributed by atoms with Crippen molar-refractivity contribution in [2.45, 2.75) is 4.34 Å². The van der Waals surface area contributed by atoms with E-state index in [0.29, 0.717) is 10.8 Å². The van der Waals surface area contributed by atoms with Crippen molar-refractivity contribution in [3.63, 3.8) is 0 Å². The lowest BCUT2D eigenvalue weighted by atomic mass is 10.2. The number of aliphatic hydroxyl groups is 1. The summed E-state index contributed by atoms with van der Waals surface area (Å²) in [6, 6.07) is 17.7. The van der Waals surface area contributed by atoms with Crippen LogP contribution in [-0.2, 0) is 0 Å². The van der Waals surface area contributed by atoms with Crippen LogP contribution in [0.3, 0.4) is 0 Å². The summed E-state index contributed by atoms with van der Waals surface area (Å²) in [5.74, 6) is 0.323. The molecule has 1 N–H and O–H groups in total. The van der Waals surface area contributed by atoms with E-state index in [4.69, 9.17) is 0 Å². The van der Waals surface area contributed by atoms with Crippen molar-refractivity contribution in [1.29, 1.82) is 5.26 Å². The molecule has 0 amide bonds. The Morgan fingerprint density at radius 3 is 2.28 bits per heavy atom. The van der Waals surface area contributed by atoms with Gasteiger partial charge in [0.2, 0.25) is 0 Å². The van der Waals surface area contributed by atoms with Gasteiger partial charge in [-0.15, -0.1) is 22.7 Å². The Labute approximate surface area is 156 Å². The van der Waals surface area contributed by atoms with E-state index in [-0.39, 0.29) is 11.3 Å². The fourth-order valence-corrected chi connectivity index (χ4v) is 5.26. The molecule has 2 aromatic heterocycles. The first-order valence-electron chi connectivity index (χ1n) is 7.41. The minimum atomic E-state index is 0.0332. The maximum Gasteiger partial charge on any atom is 0.151 e. The highest BCUT2D eigenvalue weighted by Gasteiger charge is 2.15. The van der Waals surface area contributed by atoms with Gasteiger partial charge in [0, 0.05) is 0 Å². The fourth-order valence-electron chi connectivity index (χ4n) is 2.33. The number of thioether (sulfide) groups is 1. The molecule has 0 spiro atoms. The van der Waals surface area contributed by atoms with Gasteiger partial charge in [-0.2, -0.15) is 5.26 Å². The first-order valence-corrected chi connectivity index (χ1v) is 10.0. The van der Waals surface area contributed by atoms with Crippen LogP contribution in [0, 0.1) is 11.3 Å². The van der Waals surface area contributed by atoms with Crippen LogP contribution in [0.5, 0.6) is 0 Å². The molecule has 0 saturated heterocycles. The Kier molecular flexibility index (Phi) is 4.40. The van der Waals surface area contributed by atoms with E-state index in [0.717, 1.165) is 24.8 Å². The van der Waals surface area contributed by atoms with Crippen LogP contribution in [0.25, 0.3) is 26.0 Å². The number of hydrogen-bond donors (Lipinski definition) is 1. The topological polar surface area (TPSA) is 69.8 Å². The molecule has 0 radical (unpaired) electrons. The number of hydrogen-bond acceptors (Lipinski definition) is 7. The predicted molar refractivity (Wildman–Crippen MR) is 105 cm³/mol. The SMILES string of the molecule is N#C/C(=C(/O)CSc1nc2ccccc2s1)c1nc2ccccc2s1. The molecule has 0 bridgehead atoms. The molecule has 0 saturated carbocycles. The molecule has 0 aliphatic rings. The lowest BCUT2D eigenvalue weighted by Gasteiger charge is -2.00. The van der Waals surface area contributed by atoms with Crippen molar-refractivity contribution in [3.05, 3.63) is 59.3 Å². The summed E-state index contributed by atoms with van der Waals surface area (Å²) in [6.45, 7) is 0. The number of benzene rings is 2. The van der Waals surface area contributed by atoms with Gasteiger partial charge in [0.05, 0.1) is 26.2 Å². The molecule has 0 unspecified atom stereocenters. The third kappa shape index (κ3) is 3.24. The Balaban J connectivity index is 1.60. The number of fused-ring (bicyclic) bond motifs is 2. The molecule has 2 heterocycles. The summed E-state index contributed by atoms with van der Waals surface area (Å²) in [4.78, 5) is 8.98. The van der Waals surface area contributed by atoms with Crippen LogP contribution in [0.15, 0.2) is 58.6 Å². The molecule has 0 aliphatic carbocycles. The monoisotopic (exact) mass is 381 g/mol. The Morgan fingerprint density at radius 2 is 1.64 bits per heavy atom. The van der Waals surface area contributed by atoms with Crippen molar-refractivity contribution < 1.29 is 5.11 Å². The second-order valence-electron chi connectivity index (χ2n) is 5.16. The number of allylic oxidation sites excluding steroid dienone is 1. The van der Waals surface area contributed by atoms with Gasteiger partial charge in [-0.3, -0.25) is 0 Å². The maximum atomic E-state index is 10.4. The first kappa shape index (κ1) is 16.1. The Hall–Kier alpha value is -2.40. The highest BCUT2D eigenvalue weighted by Crippen LogP contribution is 2.32. The van der Waals surface area contributed by atoms with Crippen molar-refractivity contribution in [3.8, 4) is 6.07 Å². The highest BCUT2D eigenvalue weighted by molar-refractivity contribution is 8.01. The first-order chi connectivity index (χ1) is 12.2. The summed E-state index contributed by atoms with van der Waals surface area (Å²) >= 11 is 4.42. The molecule has 0 atom stereocenters. The van der Waals surface area contributed by atoms with E-state index in [9.17, 15) is 10.4 Å². The highest BCUT2D eigenvalue weighted by atomic mass is 32.2. The van der Waals surface area contributed by atoms with Gasteiger partial charge in [-0.05, 0) is 24.3 Å². The molecule has 0 aliphatic heterocycles. The molecule has 7 heteroatoms. The lowest BCUT2D eigenvalue weighted by Crippen LogP contribution is -1.92. The standard InChI is InChI=1S/C18H11N3OS3/c19-9-11(17-20-12-5-1-3-7-15(12)24-17)14(22)10-23-18-21-13-6-2-4-8-16(13)25-18/h1-8,22H,10H2/b14-11-. The van der Waals surface area contributed by atoms with Crippen LogP contribution in [0.4, 0.5) is 0 Å². The van der Waals surface area contributed by atoms with Gasteiger partial charge in [0.25, 0.3) is 0 Å². The van der Waals surface area contributed by atoms with Crippen LogP contribution in [-0.4, -0.2) is 20.8 Å². The van der Waals surface area contributed by atoms with Crippen LogP contribution in [0.1, 0.15) is 5.01 Å². The summed E-state index contributed by atoms with van der Waals surface area (Å²) < 4.78 is 2.98. The molecule has 4 nitrogen and oxygen atoms in total. The number of aromatic nitrogens is 2. The van der Waals surface area contributed by atoms with E-state index in [2.05, 4.69) is 16.0 Å². The summed E-state index contributed by atoms with van der Waals surface area (Å²) in [5.41, 5.74) is 2.02. The number of rotatable bonds is 4. The van der Waals surface area contributed by atoms with Gasteiger partial charge in [0.1, 0.15) is 22.4 Å². The van der Waals surface area contributed by atoms with Crippen molar-refractivity contribution >= 4 is 60.4 Å². The summed E-state index contributed by atoms with van der Waals surface area (Å²) in [5, 5.41) is 20.4. The van der Waals surface area contributed by atoms with Gasteiger partial charge < -0.3 is 5.11 Å².